The van der Waals surface area contributed by atoms with E-state index in [1.54, 1.807) is 0 Å². The number of carbonyl (C=O) groups excluding carboxylic acids is 2. The smallest absolute Gasteiger partial charge is 0.415 e. The van der Waals surface area contributed by atoms with Gasteiger partial charge >= 0.3 is 12.1 Å². The molecule has 1 saturated carbocycles. The van der Waals surface area contributed by atoms with Crippen LogP contribution in [-0.4, -0.2) is 18.2 Å². The second-order valence-electron chi connectivity index (χ2n) is 3.15. The molecule has 74 valence electrons. The molecule has 13 heavy (non-hydrogen) atoms. The van der Waals surface area contributed by atoms with Gasteiger partial charge < -0.3 is 10.5 Å². The van der Waals surface area contributed by atoms with Gasteiger partial charge in [0.1, 0.15) is 6.10 Å². The monoisotopic (exact) mass is 186 g/mol. The highest BCUT2D eigenvalue weighted by atomic mass is 16.6. The van der Waals surface area contributed by atoms with Gasteiger partial charge in [0.25, 0.3) is 0 Å². The van der Waals surface area contributed by atoms with E-state index < -0.39 is 12.1 Å². The van der Waals surface area contributed by atoms with E-state index in [0.29, 0.717) is 0 Å². The van der Waals surface area contributed by atoms with Gasteiger partial charge in [0, 0.05) is 0 Å². The van der Waals surface area contributed by atoms with Crippen LogP contribution in [0.4, 0.5) is 9.59 Å². The number of amides is 3. The maximum absolute atomic E-state index is 10.9. The lowest BCUT2D eigenvalue weighted by Crippen LogP contribution is -2.37. The van der Waals surface area contributed by atoms with Crippen molar-refractivity contribution in [2.45, 2.75) is 38.2 Å². The molecule has 0 aromatic carbocycles. The Morgan fingerprint density at radius 1 is 1.23 bits per heavy atom. The molecule has 0 saturated heterocycles. The Morgan fingerprint density at radius 2 is 1.85 bits per heavy atom. The van der Waals surface area contributed by atoms with Crippen molar-refractivity contribution in [3.8, 4) is 0 Å². The van der Waals surface area contributed by atoms with Crippen LogP contribution < -0.4 is 11.1 Å². The highest BCUT2D eigenvalue weighted by Crippen LogP contribution is 2.20. The average Bonchev–Trinajstić information content (AvgIpc) is 2.04. The topological polar surface area (TPSA) is 81.4 Å². The van der Waals surface area contributed by atoms with Crippen LogP contribution in [-0.2, 0) is 4.74 Å². The van der Waals surface area contributed by atoms with Crippen LogP contribution in [0.1, 0.15) is 32.1 Å². The number of primary amides is 1. The zero-order chi connectivity index (χ0) is 9.68. The number of nitrogens with one attached hydrogen (secondary N) is 1. The molecular weight excluding hydrogens is 172 g/mol. The summed E-state index contributed by atoms with van der Waals surface area (Å²) in [5, 5.41) is 1.87. The molecule has 0 bridgehead atoms. The number of imide groups is 1. The Bertz CT molecular complexity index is 200. The Labute approximate surface area is 76.6 Å². The zero-order valence-corrected chi connectivity index (χ0v) is 7.41. The first-order valence-electron chi connectivity index (χ1n) is 4.45. The van der Waals surface area contributed by atoms with Crippen molar-refractivity contribution in [1.82, 2.24) is 5.32 Å². The molecule has 5 heteroatoms. The zero-order valence-electron chi connectivity index (χ0n) is 7.41. The molecule has 0 unspecified atom stereocenters. The van der Waals surface area contributed by atoms with E-state index in [4.69, 9.17) is 10.5 Å². The average molecular weight is 186 g/mol. The lowest BCUT2D eigenvalue weighted by Gasteiger charge is -2.21. The summed E-state index contributed by atoms with van der Waals surface area (Å²) in [7, 11) is 0. The van der Waals surface area contributed by atoms with Crippen LogP contribution in [0.5, 0.6) is 0 Å². The SMILES string of the molecule is NC(=O)NC(=O)OC1CCCCC1. The van der Waals surface area contributed by atoms with Crippen LogP contribution in [0.25, 0.3) is 0 Å². The van der Waals surface area contributed by atoms with Crippen molar-refractivity contribution in [3.63, 3.8) is 0 Å². The van der Waals surface area contributed by atoms with E-state index in [1.807, 2.05) is 5.32 Å². The van der Waals surface area contributed by atoms with Crippen molar-refractivity contribution < 1.29 is 14.3 Å². The van der Waals surface area contributed by atoms with Gasteiger partial charge in [-0.1, -0.05) is 6.42 Å². The minimum atomic E-state index is -0.874. The van der Waals surface area contributed by atoms with Crippen LogP contribution in [0.2, 0.25) is 0 Å². The summed E-state index contributed by atoms with van der Waals surface area (Å²) in [5.74, 6) is 0. The lowest BCUT2D eigenvalue weighted by molar-refractivity contribution is 0.0775. The van der Waals surface area contributed by atoms with Crippen molar-refractivity contribution in [2.75, 3.05) is 0 Å². The van der Waals surface area contributed by atoms with Gasteiger partial charge in [0.2, 0.25) is 0 Å². The van der Waals surface area contributed by atoms with Crippen LogP contribution in [0.15, 0.2) is 0 Å². The second-order valence-corrected chi connectivity index (χ2v) is 3.15. The number of nitrogens with two attached hydrogens (primary N) is 1. The number of rotatable bonds is 1. The molecule has 1 aliphatic rings. The fraction of sp³-hybridized carbons (Fsp3) is 0.750. The molecule has 0 atom stereocenters. The van der Waals surface area contributed by atoms with Gasteiger partial charge in [0.05, 0.1) is 0 Å². The Kier molecular flexibility index (Phi) is 3.54. The quantitative estimate of drug-likeness (QED) is 0.643. The molecule has 0 aromatic rings. The molecule has 0 heterocycles. The normalized spacial score (nSPS) is 17.8. The predicted molar refractivity (Wildman–Crippen MR) is 46.1 cm³/mol. The van der Waals surface area contributed by atoms with Crippen molar-refractivity contribution >= 4 is 12.1 Å². The van der Waals surface area contributed by atoms with Gasteiger partial charge in [-0.15, -0.1) is 0 Å². The van der Waals surface area contributed by atoms with Gasteiger partial charge in [-0.3, -0.25) is 0 Å². The molecule has 3 amide bonds. The number of ether oxygens (including phenoxy) is 1. The molecule has 0 spiro atoms. The minimum Gasteiger partial charge on any atom is -0.446 e. The van der Waals surface area contributed by atoms with Crippen molar-refractivity contribution in [2.24, 2.45) is 5.73 Å². The van der Waals surface area contributed by atoms with Gasteiger partial charge in [0.15, 0.2) is 0 Å². The highest BCUT2D eigenvalue weighted by molar-refractivity contribution is 5.89. The van der Waals surface area contributed by atoms with Crippen molar-refractivity contribution in [3.05, 3.63) is 0 Å². The summed E-state index contributed by atoms with van der Waals surface area (Å²) in [6.45, 7) is 0. The number of hydrogen-bond donors (Lipinski definition) is 2. The Morgan fingerprint density at radius 3 is 2.38 bits per heavy atom. The largest absolute Gasteiger partial charge is 0.446 e. The third-order valence-electron chi connectivity index (χ3n) is 2.05. The maximum Gasteiger partial charge on any atom is 0.415 e. The fourth-order valence-corrected chi connectivity index (χ4v) is 1.46. The molecular formula is C8H14N2O3. The second kappa shape index (κ2) is 4.69. The summed E-state index contributed by atoms with van der Waals surface area (Å²) < 4.78 is 4.95. The van der Waals surface area contributed by atoms with E-state index in [0.717, 1.165) is 25.7 Å². The molecule has 3 N–H and O–H groups in total. The third-order valence-corrected chi connectivity index (χ3v) is 2.05. The first-order chi connectivity index (χ1) is 6.18. The number of carbonyl (C=O) groups is 2. The fourth-order valence-electron chi connectivity index (χ4n) is 1.46. The highest BCUT2D eigenvalue weighted by Gasteiger charge is 2.17. The van der Waals surface area contributed by atoms with E-state index in [9.17, 15) is 9.59 Å². The van der Waals surface area contributed by atoms with Crippen LogP contribution >= 0.6 is 0 Å². The maximum atomic E-state index is 10.9. The lowest BCUT2D eigenvalue weighted by atomic mass is 9.98. The van der Waals surface area contributed by atoms with Crippen molar-refractivity contribution in [1.29, 1.82) is 0 Å². The van der Waals surface area contributed by atoms with Gasteiger partial charge in [-0.25, -0.2) is 14.9 Å². The molecule has 1 rings (SSSR count). The van der Waals surface area contributed by atoms with E-state index in [-0.39, 0.29) is 6.10 Å². The summed E-state index contributed by atoms with van der Waals surface area (Å²) in [4.78, 5) is 21.1. The minimum absolute atomic E-state index is 0.0481. The number of urea groups is 1. The summed E-state index contributed by atoms with van der Waals surface area (Å²) in [6.07, 6.45) is 4.33. The first-order valence-corrected chi connectivity index (χ1v) is 4.45. The van der Waals surface area contributed by atoms with E-state index in [2.05, 4.69) is 0 Å². The number of alkyl carbamates (subject to hydrolysis) is 1. The molecule has 1 aliphatic carbocycles. The number of hydrogen-bond acceptors (Lipinski definition) is 3. The summed E-state index contributed by atoms with van der Waals surface area (Å²) in [5.41, 5.74) is 4.75. The molecule has 0 aliphatic heterocycles. The first kappa shape index (κ1) is 9.83. The third kappa shape index (κ3) is 3.78. The van der Waals surface area contributed by atoms with E-state index >= 15 is 0 Å². The standard InChI is InChI=1S/C8H14N2O3/c9-7(11)10-8(12)13-6-4-2-1-3-5-6/h6H,1-5H2,(H3,9,10,11,12). The summed E-state index contributed by atoms with van der Waals surface area (Å²) in [6, 6.07) is -0.874. The molecule has 0 radical (unpaired) electrons. The summed E-state index contributed by atoms with van der Waals surface area (Å²) >= 11 is 0. The van der Waals surface area contributed by atoms with Crippen LogP contribution in [0, 0.1) is 0 Å². The predicted octanol–water partition coefficient (Wildman–Crippen LogP) is 1.12. The Hall–Kier alpha value is -1.26. The molecule has 1 fully saturated rings. The molecule has 5 nitrogen and oxygen atoms in total. The van der Waals surface area contributed by atoms with Crippen LogP contribution in [0.3, 0.4) is 0 Å². The van der Waals surface area contributed by atoms with Gasteiger partial charge in [-0.2, -0.15) is 0 Å². The Balaban J connectivity index is 2.22. The van der Waals surface area contributed by atoms with E-state index in [1.165, 1.54) is 6.42 Å². The molecule has 0 aromatic heterocycles. The van der Waals surface area contributed by atoms with Gasteiger partial charge in [-0.05, 0) is 25.7 Å².